The quantitative estimate of drug-likeness (QED) is 0.0571. The van der Waals surface area contributed by atoms with Gasteiger partial charge in [0, 0.05) is 31.7 Å². The molecule has 6 aromatic rings. The van der Waals surface area contributed by atoms with E-state index in [1.54, 1.807) is 33.8 Å². The number of hydrogen-bond acceptors (Lipinski definition) is 11. The molecule has 0 radical (unpaired) electrons. The molecule has 15 nitrogen and oxygen atoms in total. The van der Waals surface area contributed by atoms with Gasteiger partial charge in [-0.15, -0.1) is 0 Å². The van der Waals surface area contributed by atoms with Crippen molar-refractivity contribution in [1.82, 2.24) is 35.3 Å². The molecule has 1 fully saturated rings. The smallest absolute Gasteiger partial charge is 0.488 e. The summed E-state index contributed by atoms with van der Waals surface area (Å²) < 4.78 is 88.9. The molecule has 0 saturated carbocycles. The monoisotopic (exact) mass is 932 g/mol. The molecule has 3 amide bonds. The Morgan fingerprint density at radius 2 is 1.34 bits per heavy atom. The van der Waals surface area contributed by atoms with Gasteiger partial charge in [-0.05, 0) is 71.9 Å². The molecule has 1 aliphatic heterocycles. The van der Waals surface area contributed by atoms with Crippen LogP contribution in [-0.4, -0.2) is 86.8 Å². The third kappa shape index (κ3) is 11.7. The number of aromatic nitrogens is 4. The Bertz CT molecular complexity index is 2750. The number of fused-ring (bicyclic) bond motifs is 1. The summed E-state index contributed by atoms with van der Waals surface area (Å²) in [5, 5.41) is 28.8. The number of benzene rings is 4. The van der Waals surface area contributed by atoms with Crippen LogP contribution >= 0.6 is 0 Å². The number of methoxy groups -OCH3 is 2. The van der Waals surface area contributed by atoms with Crippen LogP contribution in [0.2, 0.25) is 0 Å². The summed E-state index contributed by atoms with van der Waals surface area (Å²) in [6.45, 7) is 4.94. The second-order valence-corrected chi connectivity index (χ2v) is 15.0. The van der Waals surface area contributed by atoms with Crippen molar-refractivity contribution >= 4 is 47.2 Å². The fourth-order valence-corrected chi connectivity index (χ4v) is 7.19. The number of hydrogen-bond donors (Lipinski definition) is 5. The van der Waals surface area contributed by atoms with E-state index in [0.29, 0.717) is 40.8 Å². The van der Waals surface area contributed by atoms with Gasteiger partial charge in [0.15, 0.2) is 5.65 Å². The minimum absolute atomic E-state index is 0.00864. The fourth-order valence-electron chi connectivity index (χ4n) is 7.19. The Labute approximate surface area is 379 Å². The van der Waals surface area contributed by atoms with E-state index < -0.39 is 42.4 Å². The lowest BCUT2D eigenvalue weighted by Gasteiger charge is -2.32. The third-order valence-electron chi connectivity index (χ3n) is 10.7. The maximum atomic E-state index is 13.0. The summed E-state index contributed by atoms with van der Waals surface area (Å²) in [7, 11) is 0.810. The van der Waals surface area contributed by atoms with Crippen molar-refractivity contribution < 1.29 is 60.2 Å². The molecule has 350 valence electrons. The zero-order valence-electron chi connectivity index (χ0n) is 35.9. The summed E-state index contributed by atoms with van der Waals surface area (Å²) in [5.74, 6) is -1.36. The number of nitrogens with zero attached hydrogens (tertiary/aromatic N) is 5. The Morgan fingerprint density at radius 1 is 0.821 bits per heavy atom. The van der Waals surface area contributed by atoms with E-state index in [9.17, 15) is 40.7 Å². The summed E-state index contributed by atoms with van der Waals surface area (Å²) in [5.41, 5.74) is 8.05. The van der Waals surface area contributed by atoms with E-state index >= 15 is 0 Å². The SMILES string of the molecule is C=CC(=O)N1CCC[C@@H](n2nc(-c3ccc(CNC(=O)c4ccc(C(F)(F)F)cc4OC)cc3)c3c(N)ncnc32)C1.COc1cc(C(F)(F)F)ccc1C(=O)NCc1ccc(B(O)O)cc1. The molecule has 0 spiro atoms. The van der Waals surface area contributed by atoms with Gasteiger partial charge in [0.2, 0.25) is 5.91 Å². The minimum Gasteiger partial charge on any atom is -0.496 e. The highest BCUT2D eigenvalue weighted by molar-refractivity contribution is 6.58. The molecule has 67 heavy (non-hydrogen) atoms. The number of alkyl halides is 6. The number of carbonyl (C=O) groups is 3. The first-order chi connectivity index (χ1) is 31.8. The topological polar surface area (TPSA) is 207 Å². The molecule has 0 bridgehead atoms. The predicted octanol–water partition coefficient (Wildman–Crippen LogP) is 5.71. The number of nitrogens with one attached hydrogen (secondary N) is 2. The zero-order chi connectivity index (χ0) is 48.6. The van der Waals surface area contributed by atoms with Crippen LogP contribution in [0.5, 0.6) is 11.5 Å². The highest BCUT2D eigenvalue weighted by Crippen LogP contribution is 2.36. The van der Waals surface area contributed by atoms with Gasteiger partial charge >= 0.3 is 19.5 Å². The number of likely N-dealkylation sites (tertiary alicyclic amines) is 1. The van der Waals surface area contributed by atoms with E-state index in [2.05, 4.69) is 27.2 Å². The van der Waals surface area contributed by atoms with Crippen LogP contribution in [-0.2, 0) is 30.2 Å². The molecule has 1 atom stereocenters. The normalized spacial score (nSPS) is 13.8. The van der Waals surface area contributed by atoms with E-state index in [1.165, 1.54) is 38.8 Å². The van der Waals surface area contributed by atoms with Crippen LogP contribution in [0.4, 0.5) is 32.2 Å². The van der Waals surface area contributed by atoms with Crippen LogP contribution in [0, 0.1) is 0 Å². The van der Waals surface area contributed by atoms with Gasteiger partial charge in [-0.1, -0.05) is 55.1 Å². The lowest BCUT2D eigenvalue weighted by atomic mass is 9.80. The molecular weight excluding hydrogens is 889 g/mol. The van der Waals surface area contributed by atoms with Gasteiger partial charge in [0.25, 0.3) is 11.8 Å². The minimum atomic E-state index is -4.55. The molecule has 6 N–H and O–H groups in total. The van der Waals surface area contributed by atoms with Gasteiger partial charge in [-0.3, -0.25) is 14.4 Å². The number of amides is 3. The second kappa shape index (κ2) is 20.8. The number of anilines is 1. The summed E-state index contributed by atoms with van der Waals surface area (Å²) >= 11 is 0. The second-order valence-electron chi connectivity index (χ2n) is 15.0. The van der Waals surface area contributed by atoms with E-state index in [-0.39, 0.29) is 53.5 Å². The fraction of sp³-hybridized carbons (Fsp3) is 0.244. The lowest BCUT2D eigenvalue weighted by molar-refractivity contribution is -0.138. The third-order valence-corrected chi connectivity index (χ3v) is 10.7. The molecule has 3 heterocycles. The Morgan fingerprint density at radius 3 is 1.82 bits per heavy atom. The van der Waals surface area contributed by atoms with Crippen molar-refractivity contribution in [3.63, 3.8) is 0 Å². The molecule has 1 aliphatic rings. The van der Waals surface area contributed by atoms with Crippen LogP contribution in [0.25, 0.3) is 22.3 Å². The first-order valence-electron chi connectivity index (χ1n) is 20.3. The molecule has 1 saturated heterocycles. The highest BCUT2D eigenvalue weighted by atomic mass is 19.4. The molecule has 2 aromatic heterocycles. The molecule has 22 heteroatoms. The standard InChI is InChI=1S/C29H28F3N7O3.C16H15BF3NO4/c1-3-23(40)38-12-4-5-20(15-38)39-27-24(26(33)35-16-36-27)25(37-39)18-8-6-17(7-9-18)14-34-28(41)21-11-10-19(29(30,31)32)13-22(21)42-2;1-25-14-8-11(16(18,19)20)4-7-13(14)15(22)21-9-10-2-5-12(6-3-10)17(23)24/h3,6-11,13,16,20H,1,4-5,12,14-15H2,2H3,(H,34,41)(H2,33,35,36);2-8,23-24H,9H2,1H3,(H,21,22)/t20-;/m1./s1. The van der Waals surface area contributed by atoms with Crippen molar-refractivity contribution in [2.45, 2.75) is 44.3 Å². The summed E-state index contributed by atoms with van der Waals surface area (Å²) in [4.78, 5) is 47.5. The van der Waals surface area contributed by atoms with E-state index in [0.717, 1.165) is 60.4 Å². The molecule has 0 aliphatic carbocycles. The van der Waals surface area contributed by atoms with Gasteiger partial charge in [-0.25, -0.2) is 14.6 Å². The number of halogens is 6. The average Bonchev–Trinajstić information content (AvgIpc) is 3.72. The van der Waals surface area contributed by atoms with Gasteiger partial charge in [0.1, 0.15) is 29.3 Å². The number of nitrogens with two attached hydrogens (primary N) is 1. The molecule has 4 aromatic carbocycles. The first-order valence-corrected chi connectivity index (χ1v) is 20.3. The van der Waals surface area contributed by atoms with Crippen LogP contribution in [0.15, 0.2) is 104 Å². The van der Waals surface area contributed by atoms with Crippen molar-refractivity contribution in [3.8, 4) is 22.8 Å². The summed E-state index contributed by atoms with van der Waals surface area (Å²) in [6, 6.07) is 18.7. The van der Waals surface area contributed by atoms with Crippen molar-refractivity contribution in [2.24, 2.45) is 0 Å². The van der Waals surface area contributed by atoms with Gasteiger partial charge in [-0.2, -0.15) is 31.4 Å². The number of ether oxygens (including phenoxy) is 2. The Balaban J connectivity index is 0.000000253. The van der Waals surface area contributed by atoms with Crippen molar-refractivity contribution in [1.29, 1.82) is 0 Å². The van der Waals surface area contributed by atoms with Crippen molar-refractivity contribution in [2.75, 3.05) is 33.0 Å². The molecular formula is C45H43BF6N8O7. The lowest BCUT2D eigenvalue weighted by Crippen LogP contribution is -2.40. The predicted molar refractivity (Wildman–Crippen MR) is 235 cm³/mol. The number of carbonyl (C=O) groups excluding carboxylic acids is 3. The zero-order valence-corrected chi connectivity index (χ0v) is 35.9. The first kappa shape index (κ1) is 49.0. The average molecular weight is 933 g/mol. The van der Waals surface area contributed by atoms with Gasteiger partial charge in [0.05, 0.1) is 47.9 Å². The largest absolute Gasteiger partial charge is 0.496 e. The van der Waals surface area contributed by atoms with Gasteiger partial charge < -0.3 is 40.8 Å². The number of nitrogen functional groups attached to an aromatic ring is 1. The molecule has 7 rings (SSSR count). The van der Waals surface area contributed by atoms with E-state index in [1.807, 2.05) is 12.1 Å². The van der Waals surface area contributed by atoms with Crippen LogP contribution in [0.1, 0.15) is 61.9 Å². The van der Waals surface area contributed by atoms with Crippen LogP contribution < -0.4 is 31.3 Å². The van der Waals surface area contributed by atoms with E-state index in [4.69, 9.17) is 30.4 Å². The Kier molecular flexibility index (Phi) is 15.2. The highest BCUT2D eigenvalue weighted by Gasteiger charge is 2.33. The summed E-state index contributed by atoms with van der Waals surface area (Å²) in [6.07, 6.45) is -4.78. The Hall–Kier alpha value is -7.46. The molecule has 0 unspecified atom stereocenters. The van der Waals surface area contributed by atoms with Crippen LogP contribution in [0.3, 0.4) is 0 Å². The number of piperidine rings is 1. The number of rotatable bonds is 12. The maximum Gasteiger partial charge on any atom is 0.488 e. The maximum absolute atomic E-state index is 13.0. The van der Waals surface area contributed by atoms with Crippen molar-refractivity contribution in [3.05, 3.63) is 137 Å².